The molecule has 1 N–H and O–H groups in total. The maximum atomic E-state index is 12.6. The van der Waals surface area contributed by atoms with Crippen LogP contribution in [-0.2, 0) is 0 Å². The lowest BCUT2D eigenvalue weighted by Gasteiger charge is -2.35. The van der Waals surface area contributed by atoms with Gasteiger partial charge in [-0.2, -0.15) is 5.10 Å². The van der Waals surface area contributed by atoms with E-state index in [1.807, 2.05) is 11.0 Å². The van der Waals surface area contributed by atoms with Crippen molar-refractivity contribution in [3.8, 4) is 0 Å². The van der Waals surface area contributed by atoms with Crippen LogP contribution >= 0.6 is 0 Å². The lowest BCUT2D eigenvalue weighted by Crippen LogP contribution is -2.48. The zero-order valence-corrected chi connectivity index (χ0v) is 13.7. The number of benzene rings is 1. The number of nitrogens with one attached hydrogen (secondary N) is 1. The van der Waals surface area contributed by atoms with Crippen LogP contribution in [0.1, 0.15) is 34.9 Å². The Morgan fingerprint density at radius 1 is 1.16 bits per heavy atom. The molecule has 2 aromatic rings. The normalized spacial score (nSPS) is 17.6. The molecule has 1 saturated heterocycles. The van der Waals surface area contributed by atoms with Crippen LogP contribution in [0.2, 0.25) is 0 Å². The van der Waals surface area contributed by atoms with Gasteiger partial charge in [-0.3, -0.25) is 20.0 Å². The summed E-state index contributed by atoms with van der Waals surface area (Å²) >= 11 is 0. The number of hydrogen-bond donors (Lipinski definition) is 1. The molecule has 1 aromatic carbocycles. The number of carbonyl (C=O) groups is 1. The summed E-state index contributed by atoms with van der Waals surface area (Å²) in [6.07, 6.45) is 2.34. The molecule has 2 fully saturated rings. The van der Waals surface area contributed by atoms with Crippen LogP contribution in [-0.4, -0.2) is 52.1 Å². The van der Waals surface area contributed by atoms with Crippen molar-refractivity contribution >= 4 is 17.3 Å². The minimum atomic E-state index is -0.403. The monoisotopic (exact) mass is 341 g/mol. The van der Waals surface area contributed by atoms with Gasteiger partial charge in [-0.25, -0.2) is 0 Å². The minimum Gasteiger partial charge on any atom is -0.368 e. The first-order valence-electron chi connectivity index (χ1n) is 8.46. The third kappa shape index (κ3) is 3.19. The Morgan fingerprint density at radius 3 is 2.44 bits per heavy atom. The number of H-pyrrole nitrogens is 1. The van der Waals surface area contributed by atoms with Crippen LogP contribution in [0.4, 0.5) is 11.4 Å². The summed E-state index contributed by atoms with van der Waals surface area (Å²) in [4.78, 5) is 26.8. The van der Waals surface area contributed by atoms with Gasteiger partial charge in [0, 0.05) is 55.6 Å². The molecule has 0 atom stereocenters. The van der Waals surface area contributed by atoms with Crippen LogP contribution in [0.5, 0.6) is 0 Å². The molecule has 0 unspecified atom stereocenters. The fraction of sp³-hybridized carbons (Fsp3) is 0.412. The number of anilines is 1. The fourth-order valence-corrected chi connectivity index (χ4v) is 3.16. The van der Waals surface area contributed by atoms with Crippen molar-refractivity contribution < 1.29 is 9.72 Å². The van der Waals surface area contributed by atoms with Crippen molar-refractivity contribution in [3.63, 3.8) is 0 Å². The van der Waals surface area contributed by atoms with Gasteiger partial charge in [0.1, 0.15) is 5.69 Å². The van der Waals surface area contributed by atoms with Crippen LogP contribution in [0.15, 0.2) is 30.3 Å². The Bertz CT molecular complexity index is 789. The lowest BCUT2D eigenvalue weighted by atomic mass is 10.2. The first kappa shape index (κ1) is 15.6. The third-order valence-electron chi connectivity index (χ3n) is 4.83. The zero-order valence-electron chi connectivity index (χ0n) is 13.7. The highest BCUT2D eigenvalue weighted by atomic mass is 16.6. The number of nitro benzene ring substituents is 1. The summed E-state index contributed by atoms with van der Waals surface area (Å²) in [5.41, 5.74) is 2.58. The molecule has 0 radical (unpaired) electrons. The quantitative estimate of drug-likeness (QED) is 0.679. The topological polar surface area (TPSA) is 95.4 Å². The van der Waals surface area contributed by atoms with Crippen molar-refractivity contribution in [2.45, 2.75) is 18.8 Å². The lowest BCUT2D eigenvalue weighted by molar-refractivity contribution is -0.384. The molecule has 25 heavy (non-hydrogen) atoms. The zero-order chi connectivity index (χ0) is 17.4. The summed E-state index contributed by atoms with van der Waals surface area (Å²) in [6.45, 7) is 2.62. The van der Waals surface area contributed by atoms with E-state index in [4.69, 9.17) is 0 Å². The van der Waals surface area contributed by atoms with Crippen molar-refractivity contribution in [2.24, 2.45) is 0 Å². The van der Waals surface area contributed by atoms with Crippen molar-refractivity contribution in [1.82, 2.24) is 15.1 Å². The molecular formula is C17H19N5O3. The van der Waals surface area contributed by atoms with Crippen molar-refractivity contribution in [3.05, 3.63) is 51.8 Å². The van der Waals surface area contributed by atoms with Gasteiger partial charge in [0.25, 0.3) is 11.6 Å². The number of rotatable bonds is 4. The summed E-state index contributed by atoms with van der Waals surface area (Å²) in [5.74, 6) is 0.513. The number of amides is 1. The highest BCUT2D eigenvalue weighted by Gasteiger charge is 2.28. The molecule has 1 aromatic heterocycles. The second-order valence-corrected chi connectivity index (χ2v) is 6.54. The van der Waals surface area contributed by atoms with Crippen molar-refractivity contribution in [1.29, 1.82) is 0 Å². The van der Waals surface area contributed by atoms with E-state index in [0.29, 0.717) is 37.8 Å². The molecule has 8 heteroatoms. The van der Waals surface area contributed by atoms with Crippen LogP contribution in [0.25, 0.3) is 0 Å². The standard InChI is InChI=1S/C17H19N5O3/c23-17(16-11-15(18-19-16)12-1-2-12)21-9-7-20(8-10-21)13-3-5-14(6-4-13)22(24)25/h3-6,11-12H,1-2,7-10H2,(H,18,19). The van der Waals surface area contributed by atoms with E-state index >= 15 is 0 Å². The molecular weight excluding hydrogens is 322 g/mol. The predicted octanol–water partition coefficient (Wildman–Crippen LogP) is 2.16. The van der Waals surface area contributed by atoms with Crippen LogP contribution < -0.4 is 4.90 Å². The average Bonchev–Trinajstić information content (AvgIpc) is 3.38. The second-order valence-electron chi connectivity index (χ2n) is 6.54. The molecule has 1 aliphatic carbocycles. The molecule has 2 heterocycles. The SMILES string of the molecule is O=C(c1cc(C2CC2)[nH]n1)N1CCN(c2ccc([N+](=O)[O-])cc2)CC1. The minimum absolute atomic E-state index is 0.0356. The number of aromatic amines is 1. The number of non-ortho nitro benzene ring substituents is 1. The van der Waals surface area contributed by atoms with Crippen LogP contribution in [0, 0.1) is 10.1 Å². The number of hydrogen-bond acceptors (Lipinski definition) is 5. The number of carbonyl (C=O) groups excluding carboxylic acids is 1. The van der Waals surface area contributed by atoms with Crippen LogP contribution in [0.3, 0.4) is 0 Å². The predicted molar refractivity (Wildman–Crippen MR) is 91.8 cm³/mol. The summed E-state index contributed by atoms with van der Waals surface area (Å²) in [7, 11) is 0. The van der Waals surface area contributed by atoms with Gasteiger partial charge >= 0.3 is 0 Å². The summed E-state index contributed by atoms with van der Waals surface area (Å²) in [6, 6.07) is 8.41. The summed E-state index contributed by atoms with van der Waals surface area (Å²) < 4.78 is 0. The molecule has 0 spiro atoms. The Kier molecular flexibility index (Phi) is 3.87. The van der Waals surface area contributed by atoms with Gasteiger partial charge in [-0.1, -0.05) is 0 Å². The maximum absolute atomic E-state index is 12.6. The molecule has 1 aliphatic heterocycles. The average molecular weight is 341 g/mol. The van der Waals surface area contributed by atoms with E-state index in [9.17, 15) is 14.9 Å². The highest BCUT2D eigenvalue weighted by molar-refractivity contribution is 5.92. The Labute approximate surface area is 144 Å². The third-order valence-corrected chi connectivity index (χ3v) is 4.83. The van der Waals surface area contributed by atoms with E-state index < -0.39 is 4.92 Å². The number of aromatic nitrogens is 2. The first-order chi connectivity index (χ1) is 12.1. The van der Waals surface area contributed by atoms with E-state index in [-0.39, 0.29) is 11.6 Å². The number of nitrogens with zero attached hydrogens (tertiary/aromatic N) is 4. The fourth-order valence-electron chi connectivity index (χ4n) is 3.16. The molecule has 0 bridgehead atoms. The Morgan fingerprint density at radius 2 is 1.84 bits per heavy atom. The second kappa shape index (κ2) is 6.19. The van der Waals surface area contributed by atoms with Gasteiger partial charge < -0.3 is 9.80 Å². The largest absolute Gasteiger partial charge is 0.368 e. The van der Waals surface area contributed by atoms with E-state index in [2.05, 4.69) is 15.1 Å². The van der Waals surface area contributed by atoms with E-state index in [1.54, 1.807) is 12.1 Å². The Balaban J connectivity index is 1.37. The summed E-state index contributed by atoms with van der Waals surface area (Å²) in [5, 5.41) is 17.9. The highest BCUT2D eigenvalue weighted by Crippen LogP contribution is 2.39. The molecule has 2 aliphatic rings. The number of piperazine rings is 1. The van der Waals surface area contributed by atoms with Gasteiger partial charge in [-0.15, -0.1) is 0 Å². The first-order valence-corrected chi connectivity index (χ1v) is 8.46. The van der Waals surface area contributed by atoms with Crippen molar-refractivity contribution in [2.75, 3.05) is 31.1 Å². The van der Waals surface area contributed by atoms with E-state index in [0.717, 1.165) is 11.4 Å². The van der Waals surface area contributed by atoms with Gasteiger partial charge in [0.05, 0.1) is 4.92 Å². The molecule has 1 amide bonds. The van der Waals surface area contributed by atoms with E-state index in [1.165, 1.54) is 25.0 Å². The molecule has 8 nitrogen and oxygen atoms in total. The van der Waals surface area contributed by atoms with Gasteiger partial charge in [0.15, 0.2) is 0 Å². The maximum Gasteiger partial charge on any atom is 0.274 e. The van der Waals surface area contributed by atoms with Gasteiger partial charge in [0.2, 0.25) is 0 Å². The molecule has 1 saturated carbocycles. The molecule has 4 rings (SSSR count). The smallest absolute Gasteiger partial charge is 0.274 e. The Hall–Kier alpha value is -2.90. The molecule has 130 valence electrons. The number of nitro groups is 1. The van der Waals surface area contributed by atoms with Gasteiger partial charge in [-0.05, 0) is 31.0 Å².